The van der Waals surface area contributed by atoms with Crippen LogP contribution in [0.25, 0.3) is 0 Å². The molecule has 0 spiro atoms. The van der Waals surface area contributed by atoms with E-state index in [-0.39, 0.29) is 11.5 Å². The van der Waals surface area contributed by atoms with Crippen LogP contribution in [0.15, 0.2) is 6.07 Å². The summed E-state index contributed by atoms with van der Waals surface area (Å²) in [5.41, 5.74) is 0.0972. The Hall–Kier alpha value is -0.880. The van der Waals surface area contributed by atoms with Crippen molar-refractivity contribution in [3.8, 4) is 0 Å². The minimum Gasteiger partial charge on any atom is -0.481 e. The lowest BCUT2D eigenvalue weighted by atomic mass is 9.68. The standard InChI is InChI=1S/C12H14O4S2/c13-11(14)12(3-1-4-12)10-6-8-7-18(15,16)5-2-9(8)17-10/h6H,1-5,7H2,(H,13,14). The number of rotatable bonds is 2. The highest BCUT2D eigenvalue weighted by Crippen LogP contribution is 2.48. The molecule has 0 saturated heterocycles. The fourth-order valence-electron chi connectivity index (χ4n) is 2.69. The quantitative estimate of drug-likeness (QED) is 0.898. The predicted octanol–water partition coefficient (Wildman–Crippen LogP) is 1.73. The topological polar surface area (TPSA) is 71.4 Å². The van der Waals surface area contributed by atoms with Crippen LogP contribution in [0.3, 0.4) is 0 Å². The van der Waals surface area contributed by atoms with E-state index in [0.717, 1.165) is 21.7 Å². The first-order valence-electron chi connectivity index (χ1n) is 5.99. The molecule has 1 aromatic heterocycles. The van der Waals surface area contributed by atoms with Crippen LogP contribution in [-0.4, -0.2) is 25.2 Å². The van der Waals surface area contributed by atoms with Gasteiger partial charge in [-0.2, -0.15) is 0 Å². The summed E-state index contributed by atoms with van der Waals surface area (Å²) in [7, 11) is -2.98. The van der Waals surface area contributed by atoms with E-state index in [4.69, 9.17) is 0 Å². The van der Waals surface area contributed by atoms with E-state index in [0.29, 0.717) is 19.3 Å². The molecule has 0 atom stereocenters. The van der Waals surface area contributed by atoms with Crippen molar-refractivity contribution in [3.05, 3.63) is 21.4 Å². The summed E-state index contributed by atoms with van der Waals surface area (Å²) >= 11 is 1.50. The Labute approximate surface area is 110 Å². The number of thiophene rings is 1. The third kappa shape index (κ3) is 1.70. The number of carbonyl (C=O) groups is 1. The van der Waals surface area contributed by atoms with Gasteiger partial charge >= 0.3 is 5.97 Å². The molecule has 0 amide bonds. The number of carboxylic acid groups (broad SMARTS) is 1. The molecular formula is C12H14O4S2. The molecule has 1 aromatic rings. The summed E-state index contributed by atoms with van der Waals surface area (Å²) in [5, 5.41) is 9.39. The first-order chi connectivity index (χ1) is 8.43. The molecule has 98 valence electrons. The van der Waals surface area contributed by atoms with Gasteiger partial charge in [-0.05, 0) is 30.9 Å². The molecule has 4 nitrogen and oxygen atoms in total. The maximum atomic E-state index is 11.6. The van der Waals surface area contributed by atoms with E-state index in [2.05, 4.69) is 0 Å². The van der Waals surface area contributed by atoms with Gasteiger partial charge in [0, 0.05) is 9.75 Å². The van der Waals surface area contributed by atoms with Gasteiger partial charge in [0.1, 0.15) is 5.41 Å². The van der Waals surface area contributed by atoms with E-state index >= 15 is 0 Å². The molecule has 0 aromatic carbocycles. The fraction of sp³-hybridized carbons (Fsp3) is 0.583. The summed E-state index contributed by atoms with van der Waals surface area (Å²) in [4.78, 5) is 13.3. The van der Waals surface area contributed by atoms with Crippen LogP contribution in [0.5, 0.6) is 0 Å². The van der Waals surface area contributed by atoms with Crippen molar-refractivity contribution in [1.29, 1.82) is 0 Å². The zero-order valence-corrected chi connectivity index (χ0v) is 11.4. The molecule has 1 saturated carbocycles. The zero-order chi connectivity index (χ0) is 13.0. The van der Waals surface area contributed by atoms with E-state index in [9.17, 15) is 18.3 Å². The van der Waals surface area contributed by atoms with Gasteiger partial charge in [0.25, 0.3) is 0 Å². The molecule has 1 aliphatic carbocycles. The van der Waals surface area contributed by atoms with Crippen LogP contribution in [-0.2, 0) is 32.2 Å². The van der Waals surface area contributed by atoms with Gasteiger partial charge in [-0.3, -0.25) is 4.79 Å². The van der Waals surface area contributed by atoms with Crippen LogP contribution in [0.2, 0.25) is 0 Å². The Morgan fingerprint density at radius 1 is 1.39 bits per heavy atom. The molecule has 0 bridgehead atoms. The lowest BCUT2D eigenvalue weighted by molar-refractivity contribution is -0.147. The van der Waals surface area contributed by atoms with Crippen molar-refractivity contribution in [2.45, 2.75) is 36.9 Å². The maximum Gasteiger partial charge on any atom is 0.314 e. The highest BCUT2D eigenvalue weighted by molar-refractivity contribution is 7.90. The summed E-state index contributed by atoms with van der Waals surface area (Å²) in [6.07, 6.45) is 2.83. The van der Waals surface area contributed by atoms with Crippen molar-refractivity contribution in [3.63, 3.8) is 0 Å². The molecule has 0 radical (unpaired) electrons. The van der Waals surface area contributed by atoms with E-state index < -0.39 is 21.2 Å². The van der Waals surface area contributed by atoms with Crippen LogP contribution in [0.1, 0.15) is 34.6 Å². The lowest BCUT2D eigenvalue weighted by Crippen LogP contribution is -2.41. The maximum absolute atomic E-state index is 11.6. The molecule has 1 fully saturated rings. The van der Waals surface area contributed by atoms with E-state index in [1.807, 2.05) is 6.07 Å². The van der Waals surface area contributed by atoms with Gasteiger partial charge in [-0.25, -0.2) is 8.42 Å². The Kier molecular flexibility index (Phi) is 2.57. The highest BCUT2D eigenvalue weighted by atomic mass is 32.2. The first kappa shape index (κ1) is 12.2. The number of hydrogen-bond donors (Lipinski definition) is 1. The zero-order valence-electron chi connectivity index (χ0n) is 9.81. The second kappa shape index (κ2) is 3.81. The second-order valence-electron chi connectivity index (χ2n) is 5.14. The SMILES string of the molecule is O=C(O)C1(c2cc3c(s2)CCS(=O)(=O)C3)CCC1. The number of sulfone groups is 1. The third-order valence-corrected chi connectivity index (χ3v) is 7.02. The van der Waals surface area contributed by atoms with Crippen molar-refractivity contribution in [2.24, 2.45) is 0 Å². The number of hydrogen-bond acceptors (Lipinski definition) is 4. The first-order valence-corrected chi connectivity index (χ1v) is 8.63. The van der Waals surface area contributed by atoms with Crippen LogP contribution in [0.4, 0.5) is 0 Å². The normalized spacial score (nSPS) is 24.0. The Balaban J connectivity index is 2.02. The van der Waals surface area contributed by atoms with Gasteiger partial charge in [0.2, 0.25) is 0 Å². The second-order valence-corrected chi connectivity index (χ2v) is 8.46. The number of aryl methyl sites for hydroxylation is 1. The Morgan fingerprint density at radius 3 is 2.67 bits per heavy atom. The predicted molar refractivity (Wildman–Crippen MR) is 68.7 cm³/mol. The van der Waals surface area contributed by atoms with E-state index in [1.54, 1.807) is 0 Å². The summed E-state index contributed by atoms with van der Waals surface area (Å²) in [6.45, 7) is 0. The molecule has 2 aliphatic rings. The van der Waals surface area contributed by atoms with E-state index in [1.165, 1.54) is 11.3 Å². The van der Waals surface area contributed by atoms with Gasteiger partial charge in [0.15, 0.2) is 9.84 Å². The molecule has 2 heterocycles. The average Bonchev–Trinajstić information content (AvgIpc) is 2.56. The molecule has 1 aliphatic heterocycles. The average molecular weight is 286 g/mol. The number of aliphatic carboxylic acids is 1. The van der Waals surface area contributed by atoms with Gasteiger partial charge in [-0.1, -0.05) is 6.42 Å². The molecule has 1 N–H and O–H groups in total. The van der Waals surface area contributed by atoms with Crippen LogP contribution >= 0.6 is 11.3 Å². The fourth-order valence-corrected chi connectivity index (χ4v) is 5.72. The molecule has 3 rings (SSSR count). The highest BCUT2D eigenvalue weighted by Gasteiger charge is 2.47. The van der Waals surface area contributed by atoms with Crippen molar-refractivity contribution in [2.75, 3.05) is 5.75 Å². The van der Waals surface area contributed by atoms with Crippen LogP contribution < -0.4 is 0 Å². The molecular weight excluding hydrogens is 272 g/mol. The Morgan fingerprint density at radius 2 is 2.11 bits per heavy atom. The molecule has 18 heavy (non-hydrogen) atoms. The summed E-state index contributed by atoms with van der Waals surface area (Å²) in [6, 6.07) is 1.82. The van der Waals surface area contributed by atoms with Crippen LogP contribution in [0, 0.1) is 0 Å². The minimum absolute atomic E-state index is 0.0779. The summed E-state index contributed by atoms with van der Waals surface area (Å²) in [5.74, 6) is -0.496. The largest absolute Gasteiger partial charge is 0.481 e. The van der Waals surface area contributed by atoms with Gasteiger partial charge in [0.05, 0.1) is 11.5 Å². The monoisotopic (exact) mass is 286 g/mol. The van der Waals surface area contributed by atoms with Crippen molar-refractivity contribution < 1.29 is 18.3 Å². The summed E-state index contributed by atoms with van der Waals surface area (Å²) < 4.78 is 23.2. The number of carboxylic acids is 1. The van der Waals surface area contributed by atoms with Gasteiger partial charge in [-0.15, -0.1) is 11.3 Å². The number of fused-ring (bicyclic) bond motifs is 1. The third-order valence-electron chi connectivity index (χ3n) is 4.00. The minimum atomic E-state index is -2.98. The van der Waals surface area contributed by atoms with Crippen molar-refractivity contribution in [1.82, 2.24) is 0 Å². The lowest BCUT2D eigenvalue weighted by Gasteiger charge is -2.36. The van der Waals surface area contributed by atoms with Gasteiger partial charge < -0.3 is 5.11 Å². The smallest absolute Gasteiger partial charge is 0.314 e. The molecule has 6 heteroatoms. The molecule has 0 unspecified atom stereocenters. The van der Waals surface area contributed by atoms with Crippen molar-refractivity contribution >= 4 is 27.1 Å². The Bertz CT molecular complexity index is 608.